The monoisotopic (exact) mass is 313 g/mol. The molecule has 0 aliphatic rings. The first kappa shape index (κ1) is 16.4. The molecule has 2 aromatic rings. The highest BCUT2D eigenvalue weighted by atomic mass is 16.5. The van der Waals surface area contributed by atoms with Crippen molar-refractivity contribution in [1.29, 1.82) is 0 Å². The van der Waals surface area contributed by atoms with Gasteiger partial charge in [0, 0.05) is 11.4 Å². The summed E-state index contributed by atoms with van der Waals surface area (Å²) < 4.78 is 5.01. The van der Waals surface area contributed by atoms with Crippen molar-refractivity contribution in [2.45, 2.75) is 6.92 Å². The molecule has 120 valence electrons. The minimum absolute atomic E-state index is 0.0833. The predicted molar refractivity (Wildman–Crippen MR) is 89.6 cm³/mol. The summed E-state index contributed by atoms with van der Waals surface area (Å²) >= 11 is 0. The fraction of sp³-hybridized carbons (Fsp3) is 0.176. The molecule has 0 unspecified atom stereocenters. The molecule has 0 saturated carbocycles. The zero-order chi connectivity index (χ0) is 16.5. The van der Waals surface area contributed by atoms with Gasteiger partial charge in [0.1, 0.15) is 6.61 Å². The minimum Gasteiger partial charge on any atom is -0.447 e. The molecule has 0 heterocycles. The SMILES string of the molecule is Cc1ccccc1NC(=O)OCCNC(=O)Nc1ccccc1. The Kier molecular flexibility index (Phi) is 5.99. The summed E-state index contributed by atoms with van der Waals surface area (Å²) in [6, 6.07) is 16.1. The maximum absolute atomic E-state index is 11.6. The van der Waals surface area contributed by atoms with Crippen molar-refractivity contribution in [1.82, 2.24) is 5.32 Å². The molecule has 23 heavy (non-hydrogen) atoms. The van der Waals surface area contributed by atoms with Gasteiger partial charge in [-0.15, -0.1) is 0 Å². The fourth-order valence-electron chi connectivity index (χ4n) is 1.86. The second-order valence-electron chi connectivity index (χ2n) is 4.82. The molecule has 0 aliphatic heterocycles. The zero-order valence-corrected chi connectivity index (χ0v) is 12.8. The lowest BCUT2D eigenvalue weighted by Crippen LogP contribution is -2.32. The van der Waals surface area contributed by atoms with Gasteiger partial charge in [-0.2, -0.15) is 0 Å². The third-order valence-electron chi connectivity index (χ3n) is 3.03. The van der Waals surface area contributed by atoms with Gasteiger partial charge < -0.3 is 15.4 Å². The van der Waals surface area contributed by atoms with Crippen LogP contribution in [0.4, 0.5) is 21.0 Å². The Morgan fingerprint density at radius 2 is 1.65 bits per heavy atom. The highest BCUT2D eigenvalue weighted by molar-refractivity contribution is 5.89. The van der Waals surface area contributed by atoms with E-state index in [9.17, 15) is 9.59 Å². The number of hydrogen-bond acceptors (Lipinski definition) is 3. The van der Waals surface area contributed by atoms with E-state index >= 15 is 0 Å². The van der Waals surface area contributed by atoms with Gasteiger partial charge in [-0.3, -0.25) is 5.32 Å². The number of urea groups is 1. The van der Waals surface area contributed by atoms with Crippen molar-refractivity contribution in [2.24, 2.45) is 0 Å². The second kappa shape index (κ2) is 8.43. The summed E-state index contributed by atoms with van der Waals surface area (Å²) in [6.45, 7) is 2.20. The molecule has 6 heteroatoms. The van der Waals surface area contributed by atoms with Crippen LogP contribution in [0.25, 0.3) is 0 Å². The third-order valence-corrected chi connectivity index (χ3v) is 3.03. The van der Waals surface area contributed by atoms with Crippen molar-refractivity contribution >= 4 is 23.5 Å². The summed E-state index contributed by atoms with van der Waals surface area (Å²) in [5.74, 6) is 0. The maximum atomic E-state index is 11.6. The molecule has 6 nitrogen and oxygen atoms in total. The summed E-state index contributed by atoms with van der Waals surface area (Å²) in [5.41, 5.74) is 2.35. The van der Waals surface area contributed by atoms with Gasteiger partial charge in [-0.05, 0) is 30.7 Å². The quantitative estimate of drug-likeness (QED) is 0.740. The summed E-state index contributed by atoms with van der Waals surface area (Å²) in [4.78, 5) is 23.3. The molecule has 2 aromatic carbocycles. The van der Waals surface area contributed by atoms with Gasteiger partial charge in [-0.1, -0.05) is 36.4 Å². The Bertz CT molecular complexity index is 659. The first-order chi connectivity index (χ1) is 11.1. The van der Waals surface area contributed by atoms with E-state index in [1.54, 1.807) is 18.2 Å². The standard InChI is InChI=1S/C17H19N3O3/c1-13-7-5-6-10-15(13)20-17(22)23-12-11-18-16(21)19-14-8-3-2-4-9-14/h2-10H,11-12H2,1H3,(H,20,22)(H2,18,19,21). The van der Waals surface area contributed by atoms with E-state index in [1.165, 1.54) is 0 Å². The average Bonchev–Trinajstić information content (AvgIpc) is 2.55. The number of aryl methyl sites for hydroxylation is 1. The van der Waals surface area contributed by atoms with E-state index in [0.29, 0.717) is 11.4 Å². The molecule has 0 atom stereocenters. The topological polar surface area (TPSA) is 79.5 Å². The van der Waals surface area contributed by atoms with Crippen LogP contribution in [0.1, 0.15) is 5.56 Å². The molecule has 0 radical (unpaired) electrons. The van der Waals surface area contributed by atoms with E-state index in [4.69, 9.17) is 4.74 Å². The molecule has 2 rings (SSSR count). The van der Waals surface area contributed by atoms with E-state index in [1.807, 2.05) is 43.3 Å². The lowest BCUT2D eigenvalue weighted by Gasteiger charge is -2.10. The van der Waals surface area contributed by atoms with Gasteiger partial charge in [0.15, 0.2) is 0 Å². The summed E-state index contributed by atoms with van der Waals surface area (Å²) in [6.07, 6.45) is -0.551. The minimum atomic E-state index is -0.551. The highest BCUT2D eigenvalue weighted by Gasteiger charge is 2.05. The lowest BCUT2D eigenvalue weighted by molar-refractivity contribution is 0.162. The number of rotatable bonds is 5. The first-order valence-corrected chi connectivity index (χ1v) is 7.24. The summed E-state index contributed by atoms with van der Waals surface area (Å²) in [5, 5.41) is 7.93. The van der Waals surface area contributed by atoms with Crippen LogP contribution in [0.2, 0.25) is 0 Å². The molecule has 0 aliphatic carbocycles. The Labute approximate surface area is 134 Å². The second-order valence-corrected chi connectivity index (χ2v) is 4.82. The van der Waals surface area contributed by atoms with Crippen molar-refractivity contribution in [3.63, 3.8) is 0 Å². The van der Waals surface area contributed by atoms with Gasteiger partial charge in [0.2, 0.25) is 0 Å². The van der Waals surface area contributed by atoms with Crippen LogP contribution in [0.5, 0.6) is 0 Å². The lowest BCUT2D eigenvalue weighted by atomic mass is 10.2. The Balaban J connectivity index is 1.64. The normalized spacial score (nSPS) is 9.78. The Morgan fingerprint density at radius 3 is 2.39 bits per heavy atom. The van der Waals surface area contributed by atoms with Crippen LogP contribution in [0, 0.1) is 6.92 Å². The Morgan fingerprint density at radius 1 is 0.957 bits per heavy atom. The highest BCUT2D eigenvalue weighted by Crippen LogP contribution is 2.13. The molecule has 3 amide bonds. The van der Waals surface area contributed by atoms with Crippen molar-refractivity contribution in [3.05, 3.63) is 60.2 Å². The van der Waals surface area contributed by atoms with Gasteiger partial charge >= 0.3 is 12.1 Å². The average molecular weight is 313 g/mol. The van der Waals surface area contributed by atoms with Gasteiger partial charge in [0.25, 0.3) is 0 Å². The number of benzene rings is 2. The van der Waals surface area contributed by atoms with Crippen molar-refractivity contribution < 1.29 is 14.3 Å². The largest absolute Gasteiger partial charge is 0.447 e. The number of ether oxygens (including phenoxy) is 1. The van der Waals surface area contributed by atoms with E-state index < -0.39 is 6.09 Å². The van der Waals surface area contributed by atoms with Crippen LogP contribution >= 0.6 is 0 Å². The van der Waals surface area contributed by atoms with E-state index in [0.717, 1.165) is 5.56 Å². The van der Waals surface area contributed by atoms with Crippen LogP contribution in [0.15, 0.2) is 54.6 Å². The van der Waals surface area contributed by atoms with Crippen molar-refractivity contribution in [3.8, 4) is 0 Å². The smallest absolute Gasteiger partial charge is 0.411 e. The van der Waals surface area contributed by atoms with Crippen LogP contribution < -0.4 is 16.0 Å². The maximum Gasteiger partial charge on any atom is 0.411 e. The van der Waals surface area contributed by atoms with Crippen LogP contribution in [-0.4, -0.2) is 25.3 Å². The van der Waals surface area contributed by atoms with Crippen LogP contribution in [-0.2, 0) is 4.74 Å². The molecule has 0 aromatic heterocycles. The zero-order valence-electron chi connectivity index (χ0n) is 12.8. The number of anilines is 2. The third kappa shape index (κ3) is 5.70. The molecule has 0 saturated heterocycles. The Hall–Kier alpha value is -3.02. The molecular formula is C17H19N3O3. The molecule has 3 N–H and O–H groups in total. The number of para-hydroxylation sites is 2. The molecular weight excluding hydrogens is 294 g/mol. The van der Waals surface area contributed by atoms with E-state index in [-0.39, 0.29) is 19.2 Å². The molecule has 0 bridgehead atoms. The predicted octanol–water partition coefficient (Wildman–Crippen LogP) is 3.37. The molecule has 0 spiro atoms. The molecule has 0 fully saturated rings. The number of hydrogen-bond donors (Lipinski definition) is 3. The number of carbonyl (C=O) groups is 2. The summed E-state index contributed by atoms with van der Waals surface area (Å²) in [7, 11) is 0. The van der Waals surface area contributed by atoms with Crippen LogP contribution in [0.3, 0.4) is 0 Å². The van der Waals surface area contributed by atoms with E-state index in [2.05, 4.69) is 16.0 Å². The van der Waals surface area contributed by atoms with Crippen molar-refractivity contribution in [2.75, 3.05) is 23.8 Å². The number of carbonyl (C=O) groups excluding carboxylic acids is 2. The number of amides is 3. The number of nitrogens with one attached hydrogen (secondary N) is 3. The van der Waals surface area contributed by atoms with Gasteiger partial charge in [0.05, 0.1) is 6.54 Å². The first-order valence-electron chi connectivity index (χ1n) is 7.24. The fourth-order valence-corrected chi connectivity index (χ4v) is 1.86. The van der Waals surface area contributed by atoms with Gasteiger partial charge in [-0.25, -0.2) is 9.59 Å².